The van der Waals surface area contributed by atoms with Crippen molar-refractivity contribution in [3.63, 3.8) is 0 Å². The van der Waals surface area contributed by atoms with Crippen LogP contribution in [-0.2, 0) is 22.5 Å². The molecule has 3 heterocycles. The van der Waals surface area contributed by atoms with Gasteiger partial charge in [-0.3, -0.25) is 19.1 Å². The van der Waals surface area contributed by atoms with Gasteiger partial charge in [0.05, 0.1) is 36.5 Å². The van der Waals surface area contributed by atoms with Crippen molar-refractivity contribution in [2.45, 2.75) is 25.9 Å². The van der Waals surface area contributed by atoms with E-state index in [0.29, 0.717) is 43.6 Å². The molecule has 1 unspecified atom stereocenters. The summed E-state index contributed by atoms with van der Waals surface area (Å²) in [6, 6.07) is 11.4. The van der Waals surface area contributed by atoms with Gasteiger partial charge >= 0.3 is 0 Å². The minimum Gasteiger partial charge on any atom is -0.383 e. The first-order valence-corrected chi connectivity index (χ1v) is 11.5. The van der Waals surface area contributed by atoms with Gasteiger partial charge in [0.2, 0.25) is 5.91 Å². The molecule has 4 rings (SSSR count). The Morgan fingerprint density at radius 3 is 2.65 bits per heavy atom. The topological polar surface area (TPSA) is 67.7 Å². The van der Waals surface area contributed by atoms with Crippen molar-refractivity contribution in [3.8, 4) is 0 Å². The molecule has 1 fully saturated rings. The molecule has 2 aromatic heterocycles. The average Bonchev–Trinajstić information content (AvgIpc) is 3.31. The number of hydrogen-bond acceptors (Lipinski definition) is 6. The third kappa shape index (κ3) is 4.71. The van der Waals surface area contributed by atoms with Crippen LogP contribution in [0.3, 0.4) is 0 Å². The molecular formula is C23H28N4O3S. The molecule has 8 heteroatoms. The molecule has 164 valence electrons. The number of para-hydroxylation sites is 1. The van der Waals surface area contributed by atoms with Crippen molar-refractivity contribution in [3.05, 3.63) is 62.8 Å². The van der Waals surface area contributed by atoms with Gasteiger partial charge in [0.15, 0.2) is 0 Å². The van der Waals surface area contributed by atoms with Crippen LogP contribution in [0.5, 0.6) is 0 Å². The Hall–Kier alpha value is -2.55. The number of carbonyl (C=O) groups is 1. The summed E-state index contributed by atoms with van der Waals surface area (Å²) in [6.45, 7) is 5.88. The zero-order valence-electron chi connectivity index (χ0n) is 18.0. The van der Waals surface area contributed by atoms with E-state index in [2.05, 4.69) is 11.8 Å². The van der Waals surface area contributed by atoms with Crippen LogP contribution >= 0.6 is 11.3 Å². The van der Waals surface area contributed by atoms with Crippen LogP contribution in [0.25, 0.3) is 10.9 Å². The molecule has 1 amide bonds. The number of fused-ring (bicyclic) bond motifs is 1. The Morgan fingerprint density at radius 2 is 1.94 bits per heavy atom. The number of piperazine rings is 1. The van der Waals surface area contributed by atoms with Crippen LogP contribution in [0.1, 0.15) is 23.7 Å². The van der Waals surface area contributed by atoms with E-state index in [1.54, 1.807) is 23.0 Å². The molecule has 0 bridgehead atoms. The van der Waals surface area contributed by atoms with E-state index in [1.807, 2.05) is 46.7 Å². The summed E-state index contributed by atoms with van der Waals surface area (Å²) in [7, 11) is 1.63. The number of thiophene rings is 1. The second kappa shape index (κ2) is 9.72. The molecule has 1 aromatic carbocycles. The summed E-state index contributed by atoms with van der Waals surface area (Å²) < 4.78 is 6.97. The molecule has 3 aromatic rings. The molecule has 0 N–H and O–H groups in total. The average molecular weight is 441 g/mol. The first-order valence-electron chi connectivity index (χ1n) is 10.6. The van der Waals surface area contributed by atoms with E-state index >= 15 is 0 Å². The summed E-state index contributed by atoms with van der Waals surface area (Å²) in [4.78, 5) is 35.9. The number of hydrogen-bond donors (Lipinski definition) is 0. The SMILES string of the molecule is COCCn1c(C(C)N2CCN(C(=O)Cc3cccs3)CC2)nc2ccccc2c1=O. The second-order valence-corrected chi connectivity index (χ2v) is 8.82. The minimum atomic E-state index is -0.0382. The number of methoxy groups -OCH3 is 1. The molecule has 0 aliphatic carbocycles. The quantitative estimate of drug-likeness (QED) is 0.565. The number of benzene rings is 1. The molecular weight excluding hydrogens is 412 g/mol. The summed E-state index contributed by atoms with van der Waals surface area (Å²) >= 11 is 1.62. The van der Waals surface area contributed by atoms with Gasteiger partial charge in [0, 0.05) is 38.2 Å². The highest BCUT2D eigenvalue weighted by atomic mass is 32.1. The van der Waals surface area contributed by atoms with Crippen molar-refractivity contribution < 1.29 is 9.53 Å². The van der Waals surface area contributed by atoms with Gasteiger partial charge in [-0.1, -0.05) is 18.2 Å². The molecule has 0 radical (unpaired) electrons. The van der Waals surface area contributed by atoms with Crippen molar-refractivity contribution in [1.82, 2.24) is 19.4 Å². The summed E-state index contributed by atoms with van der Waals surface area (Å²) in [6.07, 6.45) is 0.468. The molecule has 1 saturated heterocycles. The van der Waals surface area contributed by atoms with E-state index in [1.165, 1.54) is 0 Å². The third-order valence-electron chi connectivity index (χ3n) is 5.90. The molecule has 1 aliphatic rings. The number of rotatable bonds is 7. The molecule has 1 aliphatic heterocycles. The van der Waals surface area contributed by atoms with Crippen molar-refractivity contribution >= 4 is 28.1 Å². The van der Waals surface area contributed by atoms with Gasteiger partial charge < -0.3 is 9.64 Å². The van der Waals surface area contributed by atoms with E-state index in [4.69, 9.17) is 9.72 Å². The zero-order valence-corrected chi connectivity index (χ0v) is 18.8. The Bertz CT molecular complexity index is 1090. The Kier molecular flexibility index (Phi) is 6.80. The summed E-state index contributed by atoms with van der Waals surface area (Å²) in [5.41, 5.74) is 0.682. The summed E-state index contributed by atoms with van der Waals surface area (Å²) in [5.74, 6) is 0.926. The van der Waals surface area contributed by atoms with Crippen LogP contribution in [0, 0.1) is 0 Å². The Morgan fingerprint density at radius 1 is 1.16 bits per heavy atom. The monoisotopic (exact) mass is 440 g/mol. The van der Waals surface area contributed by atoms with Gasteiger partial charge in [0.1, 0.15) is 5.82 Å². The van der Waals surface area contributed by atoms with E-state index in [-0.39, 0.29) is 17.5 Å². The highest BCUT2D eigenvalue weighted by molar-refractivity contribution is 7.10. The molecule has 7 nitrogen and oxygen atoms in total. The van der Waals surface area contributed by atoms with Crippen LogP contribution in [-0.4, -0.2) is 65.2 Å². The molecule has 1 atom stereocenters. The van der Waals surface area contributed by atoms with Crippen LogP contribution in [0.4, 0.5) is 0 Å². The fourth-order valence-corrected chi connectivity index (χ4v) is 4.79. The maximum atomic E-state index is 13.1. The van der Waals surface area contributed by atoms with Gasteiger partial charge in [0.25, 0.3) is 5.56 Å². The normalized spacial score (nSPS) is 16.0. The number of aromatic nitrogens is 2. The van der Waals surface area contributed by atoms with Crippen LogP contribution < -0.4 is 5.56 Å². The Labute approximate surface area is 185 Å². The fourth-order valence-electron chi connectivity index (χ4n) is 4.10. The lowest BCUT2D eigenvalue weighted by Gasteiger charge is -2.38. The fraction of sp³-hybridized carbons (Fsp3) is 0.435. The number of amides is 1. The number of ether oxygens (including phenoxy) is 1. The summed E-state index contributed by atoms with van der Waals surface area (Å²) in [5, 5.41) is 2.63. The van der Waals surface area contributed by atoms with Gasteiger partial charge in [-0.15, -0.1) is 11.3 Å². The van der Waals surface area contributed by atoms with Crippen LogP contribution in [0.2, 0.25) is 0 Å². The largest absolute Gasteiger partial charge is 0.383 e. The lowest BCUT2D eigenvalue weighted by Crippen LogP contribution is -2.50. The smallest absolute Gasteiger partial charge is 0.261 e. The highest BCUT2D eigenvalue weighted by Gasteiger charge is 2.27. The maximum absolute atomic E-state index is 13.1. The zero-order chi connectivity index (χ0) is 21.8. The molecule has 0 saturated carbocycles. The van der Waals surface area contributed by atoms with Crippen molar-refractivity contribution in [1.29, 1.82) is 0 Å². The van der Waals surface area contributed by atoms with E-state index in [9.17, 15) is 9.59 Å². The maximum Gasteiger partial charge on any atom is 0.261 e. The van der Waals surface area contributed by atoms with E-state index in [0.717, 1.165) is 23.8 Å². The first-order chi connectivity index (χ1) is 15.1. The third-order valence-corrected chi connectivity index (χ3v) is 6.78. The predicted molar refractivity (Wildman–Crippen MR) is 122 cm³/mol. The van der Waals surface area contributed by atoms with Gasteiger partial charge in [-0.25, -0.2) is 4.98 Å². The Balaban J connectivity index is 1.51. The highest BCUT2D eigenvalue weighted by Crippen LogP contribution is 2.22. The molecule has 0 spiro atoms. The van der Waals surface area contributed by atoms with Crippen LogP contribution in [0.15, 0.2) is 46.6 Å². The van der Waals surface area contributed by atoms with Gasteiger partial charge in [-0.2, -0.15) is 0 Å². The standard InChI is InChI=1S/C23H28N4O3S/c1-17(25-9-11-26(12-10-25)21(28)16-18-6-5-15-31-18)22-24-20-8-4-3-7-19(20)23(29)27(22)13-14-30-2/h3-8,15,17H,9-14,16H2,1-2H3. The van der Waals surface area contributed by atoms with Crippen molar-refractivity contribution in [2.24, 2.45) is 0 Å². The van der Waals surface area contributed by atoms with Gasteiger partial charge in [-0.05, 0) is 30.5 Å². The lowest BCUT2D eigenvalue weighted by atomic mass is 10.1. The van der Waals surface area contributed by atoms with Crippen molar-refractivity contribution in [2.75, 3.05) is 39.9 Å². The van der Waals surface area contributed by atoms with E-state index < -0.39 is 0 Å². The minimum absolute atomic E-state index is 0.0331. The first kappa shape index (κ1) is 21.7. The number of nitrogens with zero attached hydrogens (tertiary/aromatic N) is 4. The molecule has 31 heavy (non-hydrogen) atoms. The predicted octanol–water partition coefficient (Wildman–Crippen LogP) is 2.55. The number of carbonyl (C=O) groups excluding carboxylic acids is 1. The lowest BCUT2D eigenvalue weighted by molar-refractivity contribution is -0.132. The second-order valence-electron chi connectivity index (χ2n) is 7.79.